The van der Waals surface area contributed by atoms with Crippen molar-refractivity contribution < 1.29 is 4.79 Å². The number of carbonyl (C=O) groups is 1. The van der Waals surface area contributed by atoms with Gasteiger partial charge >= 0.3 is 0 Å². The minimum atomic E-state index is 0.127. The number of rotatable bonds is 4. The quantitative estimate of drug-likeness (QED) is 0.810. The van der Waals surface area contributed by atoms with Gasteiger partial charge in [0, 0.05) is 30.9 Å². The van der Waals surface area contributed by atoms with Gasteiger partial charge in [0.2, 0.25) is 5.91 Å². The van der Waals surface area contributed by atoms with E-state index in [0.29, 0.717) is 6.54 Å². The van der Waals surface area contributed by atoms with E-state index in [1.54, 1.807) is 12.4 Å². The molecule has 92 valence electrons. The Bertz CT molecular complexity index is 366. The van der Waals surface area contributed by atoms with Crippen LogP contribution >= 0.6 is 0 Å². The molecule has 17 heavy (non-hydrogen) atoms. The topological polar surface area (TPSA) is 68.0 Å². The van der Waals surface area contributed by atoms with Gasteiger partial charge in [0.25, 0.3) is 0 Å². The normalized spacial score (nSPS) is 23.6. The number of nitrogens with two attached hydrogens (primary N) is 1. The molecule has 0 aliphatic heterocycles. The highest BCUT2D eigenvalue weighted by Crippen LogP contribution is 2.23. The van der Waals surface area contributed by atoms with Crippen LogP contribution in [0.15, 0.2) is 24.5 Å². The lowest BCUT2D eigenvalue weighted by Gasteiger charge is -2.10. The van der Waals surface area contributed by atoms with E-state index in [2.05, 4.69) is 10.3 Å². The minimum Gasteiger partial charge on any atom is -0.356 e. The number of nitrogens with zero attached hydrogens (tertiary/aromatic N) is 1. The minimum absolute atomic E-state index is 0.127. The third kappa shape index (κ3) is 3.53. The van der Waals surface area contributed by atoms with Crippen LogP contribution in [-0.4, -0.2) is 23.5 Å². The van der Waals surface area contributed by atoms with E-state index < -0.39 is 0 Å². The second-order valence-electron chi connectivity index (χ2n) is 4.67. The van der Waals surface area contributed by atoms with Crippen molar-refractivity contribution >= 4 is 5.91 Å². The van der Waals surface area contributed by atoms with Gasteiger partial charge in [-0.2, -0.15) is 0 Å². The highest BCUT2D eigenvalue weighted by Gasteiger charge is 2.27. The lowest BCUT2D eigenvalue weighted by Crippen LogP contribution is -2.31. The number of carbonyl (C=O) groups excluding carboxylic acids is 1. The molecule has 1 aromatic rings. The molecule has 2 unspecified atom stereocenters. The Balaban J connectivity index is 1.70. The molecule has 1 amide bonds. The lowest BCUT2D eigenvalue weighted by molar-refractivity contribution is -0.124. The molecule has 0 saturated heterocycles. The Morgan fingerprint density at radius 2 is 2.18 bits per heavy atom. The highest BCUT2D eigenvalue weighted by atomic mass is 16.1. The summed E-state index contributed by atoms with van der Waals surface area (Å²) in [6, 6.07) is 4.15. The molecule has 0 radical (unpaired) electrons. The van der Waals surface area contributed by atoms with Crippen molar-refractivity contribution in [3.63, 3.8) is 0 Å². The number of amides is 1. The van der Waals surface area contributed by atoms with Crippen LogP contribution < -0.4 is 11.1 Å². The van der Waals surface area contributed by atoms with E-state index >= 15 is 0 Å². The molecule has 1 fully saturated rings. The van der Waals surface area contributed by atoms with Crippen molar-refractivity contribution in [3.05, 3.63) is 30.1 Å². The van der Waals surface area contributed by atoms with Crippen LogP contribution in [-0.2, 0) is 11.2 Å². The Labute approximate surface area is 102 Å². The molecule has 0 spiro atoms. The Kier molecular flexibility index (Phi) is 4.09. The summed E-state index contributed by atoms with van der Waals surface area (Å²) in [6.45, 7) is 0.689. The fraction of sp³-hybridized carbons (Fsp3) is 0.538. The number of aromatic nitrogens is 1. The number of hydrogen-bond acceptors (Lipinski definition) is 3. The lowest BCUT2D eigenvalue weighted by atomic mass is 10.1. The van der Waals surface area contributed by atoms with Crippen molar-refractivity contribution in [3.8, 4) is 0 Å². The average Bonchev–Trinajstić information content (AvgIpc) is 2.77. The van der Waals surface area contributed by atoms with Crippen LogP contribution in [0, 0.1) is 5.92 Å². The van der Waals surface area contributed by atoms with E-state index in [4.69, 9.17) is 5.73 Å². The molecule has 0 bridgehead atoms. The number of pyridine rings is 1. The Morgan fingerprint density at radius 1 is 1.41 bits per heavy atom. The highest BCUT2D eigenvalue weighted by molar-refractivity contribution is 5.78. The molecule has 1 saturated carbocycles. The zero-order valence-electron chi connectivity index (χ0n) is 9.93. The van der Waals surface area contributed by atoms with Gasteiger partial charge in [-0.25, -0.2) is 0 Å². The van der Waals surface area contributed by atoms with Gasteiger partial charge in [-0.1, -0.05) is 0 Å². The maximum Gasteiger partial charge on any atom is 0.223 e. The van der Waals surface area contributed by atoms with Crippen LogP contribution in [0.4, 0.5) is 0 Å². The fourth-order valence-corrected chi connectivity index (χ4v) is 2.28. The van der Waals surface area contributed by atoms with Gasteiger partial charge in [0.05, 0.1) is 0 Å². The van der Waals surface area contributed by atoms with Gasteiger partial charge in [-0.3, -0.25) is 9.78 Å². The van der Waals surface area contributed by atoms with E-state index in [1.807, 2.05) is 12.1 Å². The van der Waals surface area contributed by atoms with Crippen molar-refractivity contribution in [1.29, 1.82) is 0 Å². The fourth-order valence-electron chi connectivity index (χ4n) is 2.28. The first-order valence-electron chi connectivity index (χ1n) is 6.18. The molecular weight excluding hydrogens is 214 g/mol. The largest absolute Gasteiger partial charge is 0.356 e. The van der Waals surface area contributed by atoms with E-state index in [9.17, 15) is 4.79 Å². The molecule has 3 N–H and O–H groups in total. The Morgan fingerprint density at radius 3 is 2.82 bits per heavy atom. The molecular formula is C13H19N3O. The summed E-state index contributed by atoms with van der Waals surface area (Å²) in [5.74, 6) is 0.287. The maximum atomic E-state index is 11.8. The summed E-state index contributed by atoms with van der Waals surface area (Å²) in [4.78, 5) is 15.8. The molecule has 0 aromatic carbocycles. The summed E-state index contributed by atoms with van der Waals surface area (Å²) in [6.07, 6.45) is 7.14. The molecule has 4 nitrogen and oxygen atoms in total. The smallest absolute Gasteiger partial charge is 0.223 e. The van der Waals surface area contributed by atoms with Crippen LogP contribution in [0.1, 0.15) is 24.8 Å². The monoisotopic (exact) mass is 233 g/mol. The van der Waals surface area contributed by atoms with Crippen LogP contribution in [0.5, 0.6) is 0 Å². The number of nitrogens with one attached hydrogen (secondary N) is 1. The molecule has 1 aromatic heterocycles. The van der Waals surface area contributed by atoms with Crippen LogP contribution in [0.25, 0.3) is 0 Å². The zero-order chi connectivity index (χ0) is 12.1. The second kappa shape index (κ2) is 5.77. The average molecular weight is 233 g/mol. The maximum absolute atomic E-state index is 11.8. The molecule has 1 aliphatic rings. The third-order valence-corrected chi connectivity index (χ3v) is 3.31. The first-order valence-corrected chi connectivity index (χ1v) is 6.18. The summed E-state index contributed by atoms with van der Waals surface area (Å²) in [7, 11) is 0. The summed E-state index contributed by atoms with van der Waals surface area (Å²) < 4.78 is 0. The van der Waals surface area contributed by atoms with Crippen molar-refractivity contribution in [1.82, 2.24) is 10.3 Å². The van der Waals surface area contributed by atoms with E-state index in [1.165, 1.54) is 5.56 Å². The standard InChI is InChI=1S/C13H19N3O/c14-12-2-1-11(9-12)13(17)16-8-5-10-3-6-15-7-4-10/h3-4,6-7,11-12H,1-2,5,8-9,14H2,(H,16,17). The second-order valence-corrected chi connectivity index (χ2v) is 4.67. The van der Waals surface area contributed by atoms with Gasteiger partial charge in [0.1, 0.15) is 0 Å². The van der Waals surface area contributed by atoms with Gasteiger partial charge in [-0.15, -0.1) is 0 Å². The summed E-state index contributed by atoms with van der Waals surface area (Å²) in [5.41, 5.74) is 6.99. The predicted molar refractivity (Wildman–Crippen MR) is 66.3 cm³/mol. The molecule has 4 heteroatoms. The third-order valence-electron chi connectivity index (χ3n) is 3.31. The first-order chi connectivity index (χ1) is 8.25. The first kappa shape index (κ1) is 12.0. The van der Waals surface area contributed by atoms with Crippen molar-refractivity contribution in [2.75, 3.05) is 6.54 Å². The zero-order valence-corrected chi connectivity index (χ0v) is 9.93. The van der Waals surface area contributed by atoms with Crippen molar-refractivity contribution in [2.24, 2.45) is 11.7 Å². The van der Waals surface area contributed by atoms with Gasteiger partial charge in [0.15, 0.2) is 0 Å². The SMILES string of the molecule is NC1CCC(C(=O)NCCc2ccncc2)C1. The number of hydrogen-bond donors (Lipinski definition) is 2. The van der Waals surface area contributed by atoms with Gasteiger partial charge in [-0.05, 0) is 43.4 Å². The van der Waals surface area contributed by atoms with E-state index in [0.717, 1.165) is 25.7 Å². The van der Waals surface area contributed by atoms with Crippen LogP contribution in [0.3, 0.4) is 0 Å². The molecule has 1 aliphatic carbocycles. The van der Waals surface area contributed by atoms with E-state index in [-0.39, 0.29) is 17.9 Å². The van der Waals surface area contributed by atoms with Crippen molar-refractivity contribution in [2.45, 2.75) is 31.7 Å². The molecule has 2 rings (SSSR count). The predicted octanol–water partition coefficient (Wildman–Crippen LogP) is 0.868. The molecule has 2 atom stereocenters. The molecule has 1 heterocycles. The van der Waals surface area contributed by atoms with Crippen LogP contribution in [0.2, 0.25) is 0 Å². The summed E-state index contributed by atoms with van der Waals surface area (Å²) >= 11 is 0. The van der Waals surface area contributed by atoms with Gasteiger partial charge < -0.3 is 11.1 Å². The summed E-state index contributed by atoms with van der Waals surface area (Å²) in [5, 5.41) is 2.98. The Hall–Kier alpha value is -1.42.